The van der Waals surface area contributed by atoms with Crippen molar-refractivity contribution in [2.75, 3.05) is 5.33 Å². The van der Waals surface area contributed by atoms with Crippen molar-refractivity contribution in [3.05, 3.63) is 33.9 Å². The van der Waals surface area contributed by atoms with E-state index in [1.54, 1.807) is 0 Å². The third-order valence-electron chi connectivity index (χ3n) is 3.24. The average Bonchev–Trinajstić information content (AvgIpc) is 2.25. The molecule has 1 aromatic rings. The summed E-state index contributed by atoms with van der Waals surface area (Å²) < 4.78 is 0. The molecule has 0 heterocycles. The summed E-state index contributed by atoms with van der Waals surface area (Å²) >= 11 is 3.19. The number of hydrogen-bond acceptors (Lipinski definition) is 2. The molecule has 0 saturated carbocycles. The van der Waals surface area contributed by atoms with Gasteiger partial charge in [-0.1, -0.05) is 22.0 Å². The number of halogens is 1. The fourth-order valence-corrected chi connectivity index (χ4v) is 2.32. The molecule has 2 N–H and O–H groups in total. The molecule has 0 aliphatic carbocycles. The Bertz CT molecular complexity index is 362. The lowest BCUT2D eigenvalue weighted by Crippen LogP contribution is -2.22. The second kappa shape index (κ2) is 5.30. The SMILES string of the molecule is Cc1cc(C)c(C)c(C(O)C(O)CBr)c1C. The Hall–Kier alpha value is -0.380. The van der Waals surface area contributed by atoms with E-state index in [-0.39, 0.29) is 0 Å². The first-order valence-electron chi connectivity index (χ1n) is 5.39. The van der Waals surface area contributed by atoms with Crippen LogP contribution in [-0.4, -0.2) is 21.6 Å². The molecule has 3 heteroatoms. The molecule has 2 unspecified atom stereocenters. The number of benzene rings is 1. The Balaban J connectivity index is 3.31. The van der Waals surface area contributed by atoms with Gasteiger partial charge in [0, 0.05) is 5.33 Å². The first-order valence-corrected chi connectivity index (χ1v) is 6.51. The maximum Gasteiger partial charge on any atom is 0.106 e. The van der Waals surface area contributed by atoms with Crippen molar-refractivity contribution in [1.29, 1.82) is 0 Å². The number of rotatable bonds is 3. The summed E-state index contributed by atoms with van der Waals surface area (Å²) in [7, 11) is 0. The van der Waals surface area contributed by atoms with Gasteiger partial charge < -0.3 is 10.2 Å². The standard InChI is InChI=1S/C13H19BrO2/c1-7-5-8(2)10(4)12(9(7)3)13(16)11(15)6-14/h5,11,13,15-16H,6H2,1-4H3. The van der Waals surface area contributed by atoms with E-state index in [0.717, 1.165) is 27.8 Å². The minimum atomic E-state index is -0.821. The lowest BCUT2D eigenvalue weighted by Gasteiger charge is -2.23. The summed E-state index contributed by atoms with van der Waals surface area (Å²) in [6.45, 7) is 8.03. The van der Waals surface area contributed by atoms with E-state index in [1.165, 1.54) is 0 Å². The van der Waals surface area contributed by atoms with Crippen LogP contribution in [-0.2, 0) is 0 Å². The van der Waals surface area contributed by atoms with Gasteiger partial charge in [0.1, 0.15) is 6.10 Å². The highest BCUT2D eigenvalue weighted by atomic mass is 79.9. The fourth-order valence-electron chi connectivity index (χ4n) is 1.97. The van der Waals surface area contributed by atoms with Crippen molar-refractivity contribution in [2.24, 2.45) is 0 Å². The molecule has 0 spiro atoms. The monoisotopic (exact) mass is 286 g/mol. The summed E-state index contributed by atoms with van der Waals surface area (Å²) in [6.07, 6.45) is -1.59. The van der Waals surface area contributed by atoms with E-state index in [4.69, 9.17) is 0 Å². The van der Waals surface area contributed by atoms with Crippen LogP contribution in [0.1, 0.15) is 33.9 Å². The smallest absolute Gasteiger partial charge is 0.106 e. The van der Waals surface area contributed by atoms with Crippen LogP contribution in [0.2, 0.25) is 0 Å². The predicted octanol–water partition coefficient (Wildman–Crippen LogP) is 2.71. The second-order valence-electron chi connectivity index (χ2n) is 4.34. The number of aliphatic hydroxyl groups excluding tert-OH is 2. The van der Waals surface area contributed by atoms with Gasteiger partial charge in [0.05, 0.1) is 6.10 Å². The normalized spacial score (nSPS) is 14.9. The lowest BCUT2D eigenvalue weighted by molar-refractivity contribution is 0.0334. The zero-order valence-corrected chi connectivity index (χ0v) is 11.8. The third-order valence-corrected chi connectivity index (χ3v) is 3.91. The molecule has 90 valence electrons. The van der Waals surface area contributed by atoms with Gasteiger partial charge in [-0.3, -0.25) is 0 Å². The summed E-state index contributed by atoms with van der Waals surface area (Å²) in [5.74, 6) is 0. The van der Waals surface area contributed by atoms with Crippen molar-refractivity contribution in [3.8, 4) is 0 Å². The summed E-state index contributed by atoms with van der Waals surface area (Å²) in [4.78, 5) is 0. The average molecular weight is 287 g/mol. The Morgan fingerprint density at radius 2 is 1.50 bits per heavy atom. The molecule has 0 fully saturated rings. The Labute approximate surface area is 105 Å². The van der Waals surface area contributed by atoms with Crippen LogP contribution in [0.4, 0.5) is 0 Å². The molecule has 0 radical (unpaired) electrons. The zero-order valence-electron chi connectivity index (χ0n) is 10.2. The van der Waals surface area contributed by atoms with Gasteiger partial charge in [0.25, 0.3) is 0 Å². The van der Waals surface area contributed by atoms with E-state index in [1.807, 2.05) is 27.7 Å². The molecule has 2 atom stereocenters. The molecule has 1 aromatic carbocycles. The predicted molar refractivity (Wildman–Crippen MR) is 70.2 cm³/mol. The number of aliphatic hydroxyl groups is 2. The molecule has 0 amide bonds. The highest BCUT2D eigenvalue weighted by Crippen LogP contribution is 2.29. The van der Waals surface area contributed by atoms with Crippen LogP contribution in [0.15, 0.2) is 6.07 Å². The Morgan fingerprint density at radius 3 is 1.88 bits per heavy atom. The van der Waals surface area contributed by atoms with Gasteiger partial charge in [-0.05, 0) is 55.5 Å². The lowest BCUT2D eigenvalue weighted by atomic mass is 9.89. The van der Waals surface area contributed by atoms with E-state index < -0.39 is 12.2 Å². The van der Waals surface area contributed by atoms with Crippen molar-refractivity contribution in [2.45, 2.75) is 39.9 Å². The Kier molecular flexibility index (Phi) is 4.53. The zero-order chi connectivity index (χ0) is 12.5. The molecule has 0 saturated heterocycles. The van der Waals surface area contributed by atoms with Crippen LogP contribution >= 0.6 is 15.9 Å². The molecule has 0 aliphatic heterocycles. The van der Waals surface area contributed by atoms with Gasteiger partial charge in [0.2, 0.25) is 0 Å². The van der Waals surface area contributed by atoms with Crippen LogP contribution in [0.3, 0.4) is 0 Å². The molecule has 16 heavy (non-hydrogen) atoms. The van der Waals surface area contributed by atoms with Crippen molar-refractivity contribution < 1.29 is 10.2 Å². The molecule has 0 bridgehead atoms. The van der Waals surface area contributed by atoms with Gasteiger partial charge in [0.15, 0.2) is 0 Å². The molecular weight excluding hydrogens is 268 g/mol. The van der Waals surface area contributed by atoms with Crippen molar-refractivity contribution in [1.82, 2.24) is 0 Å². The van der Waals surface area contributed by atoms with Gasteiger partial charge in [-0.2, -0.15) is 0 Å². The van der Waals surface area contributed by atoms with E-state index in [9.17, 15) is 10.2 Å². The van der Waals surface area contributed by atoms with E-state index in [2.05, 4.69) is 22.0 Å². The molecular formula is C13H19BrO2. The van der Waals surface area contributed by atoms with Crippen molar-refractivity contribution in [3.63, 3.8) is 0 Å². The minimum absolute atomic E-state index is 0.375. The molecule has 2 nitrogen and oxygen atoms in total. The van der Waals surface area contributed by atoms with Gasteiger partial charge >= 0.3 is 0 Å². The topological polar surface area (TPSA) is 40.5 Å². The maximum absolute atomic E-state index is 10.1. The summed E-state index contributed by atoms with van der Waals surface area (Å²) in [5.41, 5.74) is 5.30. The maximum atomic E-state index is 10.1. The van der Waals surface area contributed by atoms with Gasteiger partial charge in [-0.15, -0.1) is 0 Å². The number of hydrogen-bond donors (Lipinski definition) is 2. The molecule has 0 aromatic heterocycles. The largest absolute Gasteiger partial charge is 0.389 e. The van der Waals surface area contributed by atoms with E-state index >= 15 is 0 Å². The van der Waals surface area contributed by atoms with Gasteiger partial charge in [-0.25, -0.2) is 0 Å². The highest BCUT2D eigenvalue weighted by Gasteiger charge is 2.22. The molecule has 0 aliphatic rings. The van der Waals surface area contributed by atoms with Crippen LogP contribution in [0, 0.1) is 27.7 Å². The quantitative estimate of drug-likeness (QED) is 0.839. The third kappa shape index (κ3) is 2.47. The van der Waals surface area contributed by atoms with Crippen LogP contribution in [0.5, 0.6) is 0 Å². The first-order chi connectivity index (χ1) is 7.40. The number of alkyl halides is 1. The molecule has 1 rings (SSSR count). The van der Waals surface area contributed by atoms with Crippen molar-refractivity contribution >= 4 is 15.9 Å². The highest BCUT2D eigenvalue weighted by molar-refractivity contribution is 9.09. The Morgan fingerprint density at radius 1 is 1.06 bits per heavy atom. The second-order valence-corrected chi connectivity index (χ2v) is 4.99. The van der Waals surface area contributed by atoms with E-state index in [0.29, 0.717) is 5.33 Å². The summed E-state index contributed by atoms with van der Waals surface area (Å²) in [5, 5.41) is 20.2. The van der Waals surface area contributed by atoms with Crippen LogP contribution < -0.4 is 0 Å². The summed E-state index contributed by atoms with van der Waals surface area (Å²) in [6, 6.07) is 2.11. The van der Waals surface area contributed by atoms with Crippen LogP contribution in [0.25, 0.3) is 0 Å². The number of aryl methyl sites for hydroxylation is 2. The first kappa shape index (κ1) is 13.7. The minimum Gasteiger partial charge on any atom is -0.389 e. The fraction of sp³-hybridized carbons (Fsp3) is 0.538.